The summed E-state index contributed by atoms with van der Waals surface area (Å²) in [5.41, 5.74) is 0. The molecule has 0 rings (SSSR count). The van der Waals surface area contributed by atoms with Crippen molar-refractivity contribution in [2.45, 2.75) is 0 Å². The van der Waals surface area contributed by atoms with E-state index >= 15 is 0 Å². The quantitative estimate of drug-likeness (QED) is 0.538. The Morgan fingerprint density at radius 1 is 1.89 bits per heavy atom. The van der Waals surface area contributed by atoms with Gasteiger partial charge in [-0.2, -0.15) is 0 Å². The van der Waals surface area contributed by atoms with E-state index in [0.717, 1.165) is 0 Å². The summed E-state index contributed by atoms with van der Waals surface area (Å²) in [6.45, 7) is 4.08. The molecule has 3 nitrogen and oxygen atoms in total. The summed E-state index contributed by atoms with van der Waals surface area (Å²) in [7, 11) is 3.31. The number of nitrogens with zero attached hydrogens (tertiary/aromatic N) is 1. The third kappa shape index (κ3) is 2.74. The number of rotatable bonds is 2. The van der Waals surface area contributed by atoms with E-state index in [1.165, 1.54) is 4.90 Å². The Morgan fingerprint density at radius 2 is 2.44 bits per heavy atom. The van der Waals surface area contributed by atoms with E-state index in [1.54, 1.807) is 20.2 Å². The highest BCUT2D eigenvalue weighted by molar-refractivity contribution is 5.73. The minimum atomic E-state index is -0.0881. The molecule has 0 aliphatic carbocycles. The van der Waals surface area contributed by atoms with E-state index in [-0.39, 0.29) is 6.03 Å². The number of hydrogen-bond donors (Lipinski definition) is 1. The molecule has 0 fully saturated rings. The topological polar surface area (TPSA) is 32.3 Å². The van der Waals surface area contributed by atoms with Crippen molar-refractivity contribution in [2.75, 3.05) is 20.6 Å². The lowest BCUT2D eigenvalue weighted by Crippen LogP contribution is -2.34. The van der Waals surface area contributed by atoms with Gasteiger partial charge in [-0.15, -0.1) is 6.58 Å². The summed E-state index contributed by atoms with van der Waals surface area (Å²) in [5.74, 6) is 0. The van der Waals surface area contributed by atoms with Gasteiger partial charge < -0.3 is 10.2 Å². The maximum Gasteiger partial charge on any atom is 0.317 e. The monoisotopic (exact) mass is 128 g/mol. The first kappa shape index (κ1) is 8.01. The Balaban J connectivity index is 3.58. The van der Waals surface area contributed by atoms with Gasteiger partial charge in [0.05, 0.1) is 0 Å². The van der Waals surface area contributed by atoms with Crippen LogP contribution in [0.15, 0.2) is 12.7 Å². The van der Waals surface area contributed by atoms with Crippen LogP contribution in [0.25, 0.3) is 0 Å². The highest BCUT2D eigenvalue weighted by atomic mass is 16.2. The number of amides is 2. The van der Waals surface area contributed by atoms with Crippen LogP contribution in [0.1, 0.15) is 0 Å². The van der Waals surface area contributed by atoms with Gasteiger partial charge in [0, 0.05) is 20.6 Å². The fourth-order valence-electron chi connectivity index (χ4n) is 0.467. The highest BCUT2D eigenvalue weighted by Gasteiger charge is 2.00. The lowest BCUT2D eigenvalue weighted by Gasteiger charge is -2.12. The van der Waals surface area contributed by atoms with Crippen LogP contribution >= 0.6 is 0 Å². The van der Waals surface area contributed by atoms with Crippen LogP contribution in [0.2, 0.25) is 0 Å². The van der Waals surface area contributed by atoms with Gasteiger partial charge in [0.2, 0.25) is 0 Å². The smallest absolute Gasteiger partial charge is 0.317 e. The first-order valence-corrected chi connectivity index (χ1v) is 2.76. The number of hydrogen-bond acceptors (Lipinski definition) is 1. The molecular formula is C6H12N2O. The fourth-order valence-corrected chi connectivity index (χ4v) is 0.467. The minimum Gasteiger partial charge on any atom is -0.341 e. The van der Waals surface area contributed by atoms with Crippen LogP contribution in [0.3, 0.4) is 0 Å². The van der Waals surface area contributed by atoms with Crippen molar-refractivity contribution in [1.29, 1.82) is 0 Å². The molecule has 0 aromatic heterocycles. The largest absolute Gasteiger partial charge is 0.341 e. The molecule has 0 aliphatic heterocycles. The van der Waals surface area contributed by atoms with Crippen LogP contribution in [0, 0.1) is 0 Å². The average molecular weight is 128 g/mol. The van der Waals surface area contributed by atoms with E-state index in [1.807, 2.05) is 0 Å². The lowest BCUT2D eigenvalue weighted by molar-refractivity contribution is 0.215. The summed E-state index contributed by atoms with van der Waals surface area (Å²) in [4.78, 5) is 12.2. The number of urea groups is 1. The molecule has 0 spiro atoms. The SMILES string of the molecule is C=CCN(C)C(=O)NC. The maximum absolute atomic E-state index is 10.7. The second kappa shape index (κ2) is 3.95. The van der Waals surface area contributed by atoms with Gasteiger partial charge in [0.25, 0.3) is 0 Å². The van der Waals surface area contributed by atoms with Gasteiger partial charge >= 0.3 is 6.03 Å². The molecule has 9 heavy (non-hydrogen) atoms. The van der Waals surface area contributed by atoms with E-state index in [2.05, 4.69) is 11.9 Å². The molecule has 0 bridgehead atoms. The van der Waals surface area contributed by atoms with E-state index in [9.17, 15) is 4.79 Å². The minimum absolute atomic E-state index is 0.0881. The van der Waals surface area contributed by atoms with Crippen molar-refractivity contribution in [3.05, 3.63) is 12.7 Å². The Morgan fingerprint density at radius 3 is 2.78 bits per heavy atom. The van der Waals surface area contributed by atoms with Gasteiger partial charge in [0.15, 0.2) is 0 Å². The summed E-state index contributed by atoms with van der Waals surface area (Å²) in [5, 5.41) is 2.49. The van der Waals surface area contributed by atoms with Gasteiger partial charge in [-0.25, -0.2) is 4.79 Å². The second-order valence-electron chi connectivity index (χ2n) is 1.72. The molecule has 0 saturated heterocycles. The van der Waals surface area contributed by atoms with Gasteiger partial charge in [0.1, 0.15) is 0 Å². The molecular weight excluding hydrogens is 116 g/mol. The molecule has 0 unspecified atom stereocenters. The number of likely N-dealkylation sites (N-methyl/N-ethyl adjacent to an activating group) is 1. The molecule has 0 aromatic rings. The molecule has 0 atom stereocenters. The molecule has 3 heteroatoms. The molecule has 0 saturated carbocycles. The zero-order valence-electron chi connectivity index (χ0n) is 5.85. The van der Waals surface area contributed by atoms with Crippen molar-refractivity contribution in [3.8, 4) is 0 Å². The zero-order chi connectivity index (χ0) is 7.28. The molecule has 0 aliphatic rings. The Labute approximate surface area is 55.3 Å². The van der Waals surface area contributed by atoms with Crippen molar-refractivity contribution in [2.24, 2.45) is 0 Å². The van der Waals surface area contributed by atoms with Crippen LogP contribution < -0.4 is 5.32 Å². The number of carbonyl (C=O) groups is 1. The predicted octanol–water partition coefficient (Wildman–Crippen LogP) is 0.444. The molecule has 0 aromatic carbocycles. The first-order chi connectivity index (χ1) is 4.22. The standard InChI is InChI=1S/C6H12N2O/c1-4-5-8(3)6(9)7-2/h4H,1,5H2,2-3H3,(H,7,9). The highest BCUT2D eigenvalue weighted by Crippen LogP contribution is 1.81. The molecule has 0 heterocycles. The molecule has 0 radical (unpaired) electrons. The van der Waals surface area contributed by atoms with Crippen molar-refractivity contribution in [1.82, 2.24) is 10.2 Å². The van der Waals surface area contributed by atoms with Crippen LogP contribution in [0.4, 0.5) is 4.79 Å². The number of nitrogens with one attached hydrogen (secondary N) is 1. The Bertz CT molecular complexity index is 112. The van der Waals surface area contributed by atoms with Crippen LogP contribution in [0.5, 0.6) is 0 Å². The fraction of sp³-hybridized carbons (Fsp3) is 0.500. The van der Waals surface area contributed by atoms with Gasteiger partial charge in [-0.1, -0.05) is 6.08 Å². The summed E-state index contributed by atoms with van der Waals surface area (Å²) >= 11 is 0. The Kier molecular flexibility index (Phi) is 3.51. The summed E-state index contributed by atoms with van der Waals surface area (Å²) < 4.78 is 0. The van der Waals surface area contributed by atoms with Gasteiger partial charge in [-0.05, 0) is 0 Å². The average Bonchev–Trinajstić information content (AvgIpc) is 1.87. The lowest BCUT2D eigenvalue weighted by atomic mass is 10.6. The summed E-state index contributed by atoms with van der Waals surface area (Å²) in [6, 6.07) is -0.0881. The second-order valence-corrected chi connectivity index (χ2v) is 1.72. The van der Waals surface area contributed by atoms with E-state index in [4.69, 9.17) is 0 Å². The molecule has 2 amide bonds. The van der Waals surface area contributed by atoms with Crippen LogP contribution in [-0.2, 0) is 0 Å². The normalized spacial score (nSPS) is 8.22. The summed E-state index contributed by atoms with van der Waals surface area (Å²) in [6.07, 6.45) is 1.68. The third-order valence-corrected chi connectivity index (χ3v) is 0.964. The third-order valence-electron chi connectivity index (χ3n) is 0.964. The number of carbonyl (C=O) groups excluding carboxylic acids is 1. The molecule has 1 N–H and O–H groups in total. The first-order valence-electron chi connectivity index (χ1n) is 2.76. The van der Waals surface area contributed by atoms with Crippen molar-refractivity contribution >= 4 is 6.03 Å². The maximum atomic E-state index is 10.7. The Hall–Kier alpha value is -0.990. The van der Waals surface area contributed by atoms with E-state index < -0.39 is 0 Å². The van der Waals surface area contributed by atoms with Crippen molar-refractivity contribution in [3.63, 3.8) is 0 Å². The van der Waals surface area contributed by atoms with Gasteiger partial charge in [-0.3, -0.25) is 0 Å². The molecule has 52 valence electrons. The zero-order valence-corrected chi connectivity index (χ0v) is 5.85. The predicted molar refractivity (Wildman–Crippen MR) is 37.3 cm³/mol. The van der Waals surface area contributed by atoms with E-state index in [0.29, 0.717) is 6.54 Å². The van der Waals surface area contributed by atoms with Crippen LogP contribution in [-0.4, -0.2) is 31.6 Å². The van der Waals surface area contributed by atoms with Crippen molar-refractivity contribution < 1.29 is 4.79 Å².